The third kappa shape index (κ3) is 3.07. The van der Waals surface area contributed by atoms with E-state index in [0.29, 0.717) is 30.0 Å². The summed E-state index contributed by atoms with van der Waals surface area (Å²) < 4.78 is 40.4. The summed E-state index contributed by atoms with van der Waals surface area (Å²) in [6, 6.07) is 1.87. The zero-order chi connectivity index (χ0) is 17.5. The molecular formula is C15H15F3N2O2S2. The Balaban J connectivity index is 1.82. The Kier molecular flexibility index (Phi) is 4.43. The Labute approximate surface area is 144 Å². The van der Waals surface area contributed by atoms with Crippen LogP contribution >= 0.6 is 22.7 Å². The summed E-state index contributed by atoms with van der Waals surface area (Å²) >= 11 is 2.29. The number of carbonyl (C=O) groups excluding carboxylic acids is 1. The summed E-state index contributed by atoms with van der Waals surface area (Å²) in [4.78, 5) is 18.7. The second-order valence-electron chi connectivity index (χ2n) is 5.76. The molecule has 0 aliphatic carbocycles. The van der Waals surface area contributed by atoms with E-state index in [1.807, 2.05) is 11.4 Å². The van der Waals surface area contributed by atoms with E-state index < -0.39 is 29.1 Å². The molecule has 2 aromatic heterocycles. The molecule has 0 spiro atoms. The number of thiazole rings is 1. The maximum Gasteiger partial charge on any atom is 0.424 e. The number of rotatable bonds is 3. The van der Waals surface area contributed by atoms with Crippen LogP contribution in [0.1, 0.15) is 27.6 Å². The molecular weight excluding hydrogens is 361 g/mol. The van der Waals surface area contributed by atoms with Crippen molar-refractivity contribution >= 4 is 28.6 Å². The van der Waals surface area contributed by atoms with Gasteiger partial charge in [-0.25, -0.2) is 4.98 Å². The average molecular weight is 376 g/mol. The number of hydrogen-bond donors (Lipinski definition) is 1. The fourth-order valence-corrected chi connectivity index (χ4v) is 4.44. The Bertz CT molecular complexity index is 756. The molecule has 1 atom stereocenters. The largest absolute Gasteiger partial charge is 0.424 e. The van der Waals surface area contributed by atoms with Crippen LogP contribution in [0.4, 0.5) is 13.2 Å². The first kappa shape index (κ1) is 17.4. The number of aromatic nitrogens is 1. The Morgan fingerprint density at radius 2 is 2.17 bits per heavy atom. The summed E-state index contributed by atoms with van der Waals surface area (Å²) in [5.41, 5.74) is -1.91. The van der Waals surface area contributed by atoms with Crippen LogP contribution in [0, 0.1) is 6.92 Å². The van der Waals surface area contributed by atoms with E-state index in [0.717, 1.165) is 10.4 Å². The lowest BCUT2D eigenvalue weighted by Crippen LogP contribution is -2.47. The summed E-state index contributed by atoms with van der Waals surface area (Å²) in [7, 11) is 0. The molecule has 0 radical (unpaired) electrons. The van der Waals surface area contributed by atoms with Crippen molar-refractivity contribution in [2.75, 3.05) is 6.54 Å². The van der Waals surface area contributed by atoms with Crippen LogP contribution in [0.3, 0.4) is 0 Å². The van der Waals surface area contributed by atoms with E-state index in [-0.39, 0.29) is 6.54 Å². The maximum absolute atomic E-state index is 13.5. The topological polar surface area (TPSA) is 53.4 Å². The van der Waals surface area contributed by atoms with Gasteiger partial charge in [0.15, 0.2) is 0 Å². The van der Waals surface area contributed by atoms with Crippen molar-refractivity contribution in [3.05, 3.63) is 38.0 Å². The van der Waals surface area contributed by atoms with E-state index in [9.17, 15) is 23.1 Å². The zero-order valence-electron chi connectivity index (χ0n) is 12.8. The summed E-state index contributed by atoms with van der Waals surface area (Å²) in [6.07, 6.45) is -5.40. The third-order valence-electron chi connectivity index (χ3n) is 4.01. The minimum atomic E-state index is -4.98. The molecule has 1 amide bonds. The number of nitrogens with zero attached hydrogens (tertiary/aromatic N) is 2. The third-order valence-corrected chi connectivity index (χ3v) is 6.14. The number of aryl methyl sites for hydroxylation is 1. The number of hydrogen-bond acceptors (Lipinski definition) is 5. The number of thiophene rings is 1. The molecule has 0 fully saturated rings. The lowest BCUT2D eigenvalue weighted by molar-refractivity contribution is -0.268. The fourth-order valence-electron chi connectivity index (χ4n) is 2.63. The summed E-state index contributed by atoms with van der Waals surface area (Å²) in [5, 5.41) is 13.1. The van der Waals surface area contributed by atoms with Gasteiger partial charge in [0.1, 0.15) is 5.01 Å². The number of carbonyl (C=O) groups is 1. The molecule has 1 aliphatic heterocycles. The molecule has 3 rings (SSSR count). The molecule has 9 heteroatoms. The molecule has 2 aromatic rings. The SMILES string of the molecule is Cc1csc(C(O)(CC(=O)N2CCc3sccc3C2)C(F)(F)F)n1. The van der Waals surface area contributed by atoms with Crippen molar-refractivity contribution in [1.82, 2.24) is 9.88 Å². The van der Waals surface area contributed by atoms with Crippen LogP contribution in [-0.2, 0) is 23.4 Å². The van der Waals surface area contributed by atoms with Crippen molar-refractivity contribution in [2.24, 2.45) is 0 Å². The smallest absolute Gasteiger partial charge is 0.374 e. The molecule has 0 aromatic carbocycles. The first-order valence-corrected chi connectivity index (χ1v) is 9.01. The Morgan fingerprint density at radius 3 is 2.79 bits per heavy atom. The highest BCUT2D eigenvalue weighted by molar-refractivity contribution is 7.10. The molecule has 1 N–H and O–H groups in total. The highest BCUT2D eigenvalue weighted by Crippen LogP contribution is 2.43. The number of alkyl halides is 3. The predicted octanol–water partition coefficient (Wildman–Crippen LogP) is 3.24. The second kappa shape index (κ2) is 6.12. The number of aliphatic hydroxyl groups is 1. The van der Waals surface area contributed by atoms with Gasteiger partial charge < -0.3 is 10.0 Å². The van der Waals surface area contributed by atoms with Gasteiger partial charge in [0.25, 0.3) is 0 Å². The molecule has 1 aliphatic rings. The van der Waals surface area contributed by atoms with Crippen molar-refractivity contribution in [3.8, 4) is 0 Å². The van der Waals surface area contributed by atoms with Crippen molar-refractivity contribution < 1.29 is 23.1 Å². The van der Waals surface area contributed by atoms with Crippen LogP contribution in [0.25, 0.3) is 0 Å². The van der Waals surface area contributed by atoms with Gasteiger partial charge in [-0.15, -0.1) is 22.7 Å². The molecule has 130 valence electrons. The Hall–Kier alpha value is -1.45. The number of amides is 1. The summed E-state index contributed by atoms with van der Waals surface area (Å²) in [6.45, 7) is 2.18. The number of halogens is 3. The molecule has 24 heavy (non-hydrogen) atoms. The number of fused-ring (bicyclic) bond motifs is 1. The van der Waals surface area contributed by atoms with Gasteiger partial charge in [0.2, 0.25) is 11.5 Å². The Morgan fingerprint density at radius 1 is 1.42 bits per heavy atom. The van der Waals surface area contributed by atoms with E-state index in [2.05, 4.69) is 4.98 Å². The molecule has 4 nitrogen and oxygen atoms in total. The van der Waals surface area contributed by atoms with Crippen molar-refractivity contribution in [2.45, 2.75) is 38.1 Å². The molecule has 0 saturated heterocycles. The van der Waals surface area contributed by atoms with Crippen LogP contribution in [0.5, 0.6) is 0 Å². The second-order valence-corrected chi connectivity index (χ2v) is 7.62. The van der Waals surface area contributed by atoms with Crippen molar-refractivity contribution in [1.29, 1.82) is 0 Å². The molecule has 3 heterocycles. The van der Waals surface area contributed by atoms with Crippen LogP contribution in [-0.4, -0.2) is 33.6 Å². The molecule has 1 unspecified atom stereocenters. The molecule has 0 bridgehead atoms. The lowest BCUT2D eigenvalue weighted by atomic mass is 9.98. The van der Waals surface area contributed by atoms with Gasteiger partial charge in [-0.2, -0.15) is 13.2 Å². The normalized spacial score (nSPS) is 17.5. The predicted molar refractivity (Wildman–Crippen MR) is 84.9 cm³/mol. The average Bonchev–Trinajstić information content (AvgIpc) is 3.13. The monoisotopic (exact) mass is 376 g/mol. The van der Waals surface area contributed by atoms with Gasteiger partial charge in [-0.3, -0.25) is 4.79 Å². The van der Waals surface area contributed by atoms with Gasteiger partial charge in [0, 0.05) is 29.0 Å². The van der Waals surface area contributed by atoms with E-state index >= 15 is 0 Å². The highest BCUT2D eigenvalue weighted by atomic mass is 32.1. The van der Waals surface area contributed by atoms with Gasteiger partial charge >= 0.3 is 6.18 Å². The van der Waals surface area contributed by atoms with E-state index in [4.69, 9.17) is 0 Å². The zero-order valence-corrected chi connectivity index (χ0v) is 14.4. The standard InChI is InChI=1S/C15H15F3N2O2S2/c1-9-8-24-13(19-9)14(22,15(16,17)18)6-12(21)20-4-2-11-10(7-20)3-5-23-11/h3,5,8,22H,2,4,6-7H2,1H3. The minimum Gasteiger partial charge on any atom is -0.374 e. The van der Waals surface area contributed by atoms with E-state index in [1.54, 1.807) is 18.3 Å². The fraction of sp³-hybridized carbons (Fsp3) is 0.467. The summed E-state index contributed by atoms with van der Waals surface area (Å²) in [5.74, 6) is -0.723. The maximum atomic E-state index is 13.5. The first-order chi connectivity index (χ1) is 11.2. The quantitative estimate of drug-likeness (QED) is 0.895. The van der Waals surface area contributed by atoms with Crippen LogP contribution < -0.4 is 0 Å². The van der Waals surface area contributed by atoms with Gasteiger partial charge in [-0.1, -0.05) is 0 Å². The van der Waals surface area contributed by atoms with Crippen molar-refractivity contribution in [3.63, 3.8) is 0 Å². The van der Waals surface area contributed by atoms with Gasteiger partial charge in [-0.05, 0) is 30.4 Å². The minimum absolute atomic E-state index is 0.280. The first-order valence-electron chi connectivity index (χ1n) is 7.25. The van der Waals surface area contributed by atoms with Gasteiger partial charge in [0.05, 0.1) is 6.42 Å². The van der Waals surface area contributed by atoms with Crippen LogP contribution in [0.2, 0.25) is 0 Å². The highest BCUT2D eigenvalue weighted by Gasteiger charge is 2.58. The van der Waals surface area contributed by atoms with E-state index in [1.165, 1.54) is 10.3 Å². The molecule has 0 saturated carbocycles. The lowest BCUT2D eigenvalue weighted by Gasteiger charge is -2.32. The van der Waals surface area contributed by atoms with Crippen LogP contribution in [0.15, 0.2) is 16.8 Å².